The molecule has 2 heterocycles. The lowest BCUT2D eigenvalue weighted by atomic mass is 10.1. The third-order valence-corrected chi connectivity index (χ3v) is 3.98. The second-order valence-corrected chi connectivity index (χ2v) is 5.22. The summed E-state index contributed by atoms with van der Waals surface area (Å²) in [5.41, 5.74) is 1.36. The summed E-state index contributed by atoms with van der Waals surface area (Å²) in [6.07, 6.45) is 0.656. The van der Waals surface area contributed by atoms with Gasteiger partial charge in [-0.25, -0.2) is 4.79 Å². The van der Waals surface area contributed by atoms with Crippen molar-refractivity contribution in [3.8, 4) is 5.75 Å². The van der Waals surface area contributed by atoms with Crippen LogP contribution in [-0.2, 0) is 13.0 Å². The first-order valence-corrected chi connectivity index (χ1v) is 6.78. The molecular formula is C14H13NO2S. The smallest absolute Gasteiger partial charge is 0.410 e. The van der Waals surface area contributed by atoms with Crippen molar-refractivity contribution in [2.24, 2.45) is 0 Å². The van der Waals surface area contributed by atoms with Gasteiger partial charge in [-0.05, 0) is 35.6 Å². The zero-order valence-corrected chi connectivity index (χ0v) is 10.7. The van der Waals surface area contributed by atoms with Crippen LogP contribution in [0.5, 0.6) is 5.75 Å². The molecule has 0 fully saturated rings. The Labute approximate surface area is 110 Å². The highest BCUT2D eigenvalue weighted by Gasteiger charge is 2.22. The molecule has 1 aromatic carbocycles. The van der Waals surface area contributed by atoms with Crippen molar-refractivity contribution in [3.05, 3.63) is 52.2 Å². The second-order valence-electron chi connectivity index (χ2n) is 4.22. The molecule has 1 aromatic heterocycles. The number of thiophene rings is 1. The van der Waals surface area contributed by atoms with E-state index < -0.39 is 0 Å². The van der Waals surface area contributed by atoms with Crippen LogP contribution in [0.1, 0.15) is 10.4 Å². The molecule has 3 rings (SSSR count). The van der Waals surface area contributed by atoms with E-state index in [9.17, 15) is 4.79 Å². The van der Waals surface area contributed by atoms with Gasteiger partial charge in [0.25, 0.3) is 0 Å². The Bertz CT molecular complexity index is 550. The number of rotatable bonds is 1. The number of carbonyl (C=O) groups is 1. The highest BCUT2D eigenvalue weighted by Crippen LogP contribution is 2.24. The lowest BCUT2D eigenvalue weighted by Crippen LogP contribution is -2.37. The fourth-order valence-electron chi connectivity index (χ4n) is 2.05. The number of para-hydroxylation sites is 1. The molecule has 0 N–H and O–H groups in total. The molecule has 0 bridgehead atoms. The van der Waals surface area contributed by atoms with Gasteiger partial charge in [0.15, 0.2) is 0 Å². The zero-order chi connectivity index (χ0) is 12.4. The Hall–Kier alpha value is -1.81. The average Bonchev–Trinajstić information content (AvgIpc) is 2.87. The van der Waals surface area contributed by atoms with Gasteiger partial charge in [0, 0.05) is 11.4 Å². The Balaban J connectivity index is 1.68. The fourth-order valence-corrected chi connectivity index (χ4v) is 2.99. The third-order valence-electron chi connectivity index (χ3n) is 3.03. The van der Waals surface area contributed by atoms with Crippen LogP contribution >= 0.6 is 11.3 Å². The van der Waals surface area contributed by atoms with Crippen LogP contribution in [0, 0.1) is 0 Å². The van der Waals surface area contributed by atoms with Gasteiger partial charge in [0.2, 0.25) is 0 Å². The summed E-state index contributed by atoms with van der Waals surface area (Å²) < 4.78 is 5.34. The highest BCUT2D eigenvalue weighted by molar-refractivity contribution is 7.10. The quantitative estimate of drug-likeness (QED) is 0.786. The summed E-state index contributed by atoms with van der Waals surface area (Å²) in [5, 5.41) is 2.08. The molecule has 92 valence electrons. The number of fused-ring (bicyclic) bond motifs is 1. The van der Waals surface area contributed by atoms with Crippen molar-refractivity contribution in [3.63, 3.8) is 0 Å². The largest absolute Gasteiger partial charge is 0.415 e. The van der Waals surface area contributed by atoms with Gasteiger partial charge in [0.05, 0.1) is 6.54 Å². The Morgan fingerprint density at radius 3 is 2.89 bits per heavy atom. The summed E-state index contributed by atoms with van der Waals surface area (Å²) in [4.78, 5) is 15.0. The van der Waals surface area contributed by atoms with Crippen molar-refractivity contribution in [2.75, 3.05) is 6.54 Å². The van der Waals surface area contributed by atoms with Crippen molar-refractivity contribution < 1.29 is 9.53 Å². The molecule has 4 heteroatoms. The summed E-state index contributed by atoms with van der Waals surface area (Å²) in [6.45, 7) is 1.40. The van der Waals surface area contributed by atoms with Crippen molar-refractivity contribution in [1.82, 2.24) is 4.90 Å². The lowest BCUT2D eigenvalue weighted by molar-refractivity contribution is 0.147. The predicted octanol–water partition coefficient (Wildman–Crippen LogP) is 3.31. The number of ether oxygens (including phenoxy) is 1. The maximum atomic E-state index is 12.0. The van der Waals surface area contributed by atoms with Gasteiger partial charge in [-0.2, -0.15) is 0 Å². The Kier molecular flexibility index (Phi) is 3.02. The van der Waals surface area contributed by atoms with Crippen LogP contribution in [0.2, 0.25) is 0 Å². The third kappa shape index (κ3) is 2.24. The molecular weight excluding hydrogens is 246 g/mol. The summed E-state index contributed by atoms with van der Waals surface area (Å²) in [5.74, 6) is 0.597. The number of hydrogen-bond acceptors (Lipinski definition) is 3. The molecule has 0 saturated heterocycles. The number of hydrogen-bond donors (Lipinski definition) is 0. The minimum absolute atomic E-state index is 0.264. The molecule has 1 aliphatic rings. The monoisotopic (exact) mass is 259 g/mol. The first-order chi connectivity index (χ1) is 8.83. The first-order valence-electron chi connectivity index (χ1n) is 5.90. The van der Waals surface area contributed by atoms with Crippen molar-refractivity contribution >= 4 is 17.4 Å². The molecule has 0 spiro atoms. The van der Waals surface area contributed by atoms with Crippen LogP contribution in [0.15, 0.2) is 41.8 Å². The van der Waals surface area contributed by atoms with E-state index >= 15 is 0 Å². The van der Waals surface area contributed by atoms with E-state index in [2.05, 4.69) is 11.4 Å². The molecule has 1 aliphatic heterocycles. The van der Waals surface area contributed by atoms with Gasteiger partial charge >= 0.3 is 6.09 Å². The highest BCUT2D eigenvalue weighted by atomic mass is 32.1. The van der Waals surface area contributed by atoms with Crippen LogP contribution in [0.25, 0.3) is 0 Å². The molecule has 1 amide bonds. The molecule has 3 nitrogen and oxygen atoms in total. The average molecular weight is 259 g/mol. The summed E-state index contributed by atoms with van der Waals surface area (Å²) in [6, 6.07) is 11.3. The number of carbonyl (C=O) groups excluding carboxylic acids is 1. The number of amides is 1. The van der Waals surface area contributed by atoms with Crippen molar-refractivity contribution in [2.45, 2.75) is 13.0 Å². The van der Waals surface area contributed by atoms with Gasteiger partial charge in [-0.3, -0.25) is 0 Å². The minimum Gasteiger partial charge on any atom is -0.410 e. The molecule has 0 atom stereocenters. The van der Waals surface area contributed by atoms with Crippen LogP contribution in [0.4, 0.5) is 4.79 Å². The standard InChI is InChI=1S/C14H13NO2S/c16-14(17-12-4-2-1-3-5-12)15-8-6-11-7-9-18-13(11)10-15/h1-5,7,9H,6,8,10H2. The Morgan fingerprint density at radius 1 is 1.22 bits per heavy atom. The maximum absolute atomic E-state index is 12.0. The van der Waals surface area contributed by atoms with Gasteiger partial charge in [-0.1, -0.05) is 18.2 Å². The van der Waals surface area contributed by atoms with Gasteiger partial charge in [0.1, 0.15) is 5.75 Å². The lowest BCUT2D eigenvalue weighted by Gasteiger charge is -2.25. The van der Waals surface area contributed by atoms with E-state index in [-0.39, 0.29) is 6.09 Å². The van der Waals surface area contributed by atoms with E-state index in [4.69, 9.17) is 4.74 Å². The van der Waals surface area contributed by atoms with Gasteiger partial charge < -0.3 is 9.64 Å². The summed E-state index contributed by atoms with van der Waals surface area (Å²) in [7, 11) is 0. The molecule has 0 unspecified atom stereocenters. The SMILES string of the molecule is O=C(Oc1ccccc1)N1CCc2ccsc2C1. The molecule has 0 saturated carbocycles. The first kappa shape index (κ1) is 11.3. The van der Waals surface area contributed by atoms with Crippen LogP contribution in [0.3, 0.4) is 0 Å². The van der Waals surface area contributed by atoms with E-state index in [1.165, 1.54) is 10.4 Å². The number of benzene rings is 1. The molecule has 18 heavy (non-hydrogen) atoms. The van der Waals surface area contributed by atoms with E-state index in [0.29, 0.717) is 12.3 Å². The fraction of sp³-hybridized carbons (Fsp3) is 0.214. The minimum atomic E-state index is -0.264. The van der Waals surface area contributed by atoms with Crippen molar-refractivity contribution in [1.29, 1.82) is 0 Å². The summed E-state index contributed by atoms with van der Waals surface area (Å²) >= 11 is 1.70. The molecule has 0 aliphatic carbocycles. The maximum Gasteiger partial charge on any atom is 0.415 e. The van der Waals surface area contributed by atoms with E-state index in [1.807, 2.05) is 18.2 Å². The van der Waals surface area contributed by atoms with E-state index in [0.717, 1.165) is 13.0 Å². The normalized spacial score (nSPS) is 14.1. The Morgan fingerprint density at radius 2 is 2.06 bits per heavy atom. The number of nitrogens with zero attached hydrogens (tertiary/aromatic N) is 1. The van der Waals surface area contributed by atoms with Crippen LogP contribution < -0.4 is 4.74 Å². The molecule has 2 aromatic rings. The van der Waals surface area contributed by atoms with Crippen LogP contribution in [-0.4, -0.2) is 17.5 Å². The second kappa shape index (κ2) is 4.82. The topological polar surface area (TPSA) is 29.5 Å². The zero-order valence-electron chi connectivity index (χ0n) is 9.83. The van der Waals surface area contributed by atoms with Gasteiger partial charge in [-0.15, -0.1) is 11.3 Å². The molecule has 0 radical (unpaired) electrons. The van der Waals surface area contributed by atoms with E-state index in [1.54, 1.807) is 28.4 Å². The predicted molar refractivity (Wildman–Crippen MR) is 70.9 cm³/mol.